The molecule has 0 bridgehead atoms. The van der Waals surface area contributed by atoms with Crippen LogP contribution in [0.2, 0.25) is 0 Å². The highest BCUT2D eigenvalue weighted by Gasteiger charge is 2.47. The van der Waals surface area contributed by atoms with E-state index in [2.05, 4.69) is 17.2 Å². The number of benzene rings is 2. The average molecular weight is 511 g/mol. The van der Waals surface area contributed by atoms with E-state index < -0.39 is 23.0 Å². The number of ether oxygens (including phenoxy) is 1. The summed E-state index contributed by atoms with van der Waals surface area (Å²) in [5.41, 5.74) is 0.264. The van der Waals surface area contributed by atoms with E-state index in [4.69, 9.17) is 4.74 Å². The predicted octanol–water partition coefficient (Wildman–Crippen LogP) is 5.91. The van der Waals surface area contributed by atoms with E-state index in [-0.39, 0.29) is 36.1 Å². The van der Waals surface area contributed by atoms with Gasteiger partial charge in [0.25, 0.3) is 0 Å². The summed E-state index contributed by atoms with van der Waals surface area (Å²) in [5.74, 6) is -2.30. The zero-order valence-corrected chi connectivity index (χ0v) is 21.2. The smallest absolute Gasteiger partial charge is 0.316 e. The van der Waals surface area contributed by atoms with Gasteiger partial charge in [-0.25, -0.2) is 8.78 Å². The van der Waals surface area contributed by atoms with Crippen LogP contribution in [0.5, 0.6) is 0 Å². The van der Waals surface area contributed by atoms with E-state index in [9.17, 15) is 18.4 Å². The van der Waals surface area contributed by atoms with Gasteiger partial charge in [0, 0.05) is 5.92 Å². The van der Waals surface area contributed by atoms with Crippen LogP contribution in [0, 0.1) is 23.5 Å². The van der Waals surface area contributed by atoms with Crippen LogP contribution >= 0.6 is 0 Å². The van der Waals surface area contributed by atoms with E-state index in [1.165, 1.54) is 12.1 Å². The molecule has 2 aliphatic rings. The Hall–Kier alpha value is -3.06. The summed E-state index contributed by atoms with van der Waals surface area (Å²) >= 11 is 0. The number of amides is 1. The Morgan fingerprint density at radius 2 is 1.76 bits per heavy atom. The van der Waals surface area contributed by atoms with Gasteiger partial charge in [-0.3, -0.25) is 9.59 Å². The predicted molar refractivity (Wildman–Crippen MR) is 140 cm³/mol. The Balaban J connectivity index is 1.31. The molecule has 0 aliphatic heterocycles. The lowest BCUT2D eigenvalue weighted by atomic mass is 9.68. The molecule has 0 aromatic heterocycles. The fourth-order valence-electron chi connectivity index (χ4n) is 5.72. The molecule has 0 spiro atoms. The fraction of sp³-hybridized carbons (Fsp3) is 0.467. The number of allylic oxidation sites excluding steroid dienone is 1. The Kier molecular flexibility index (Phi) is 9.09. The van der Waals surface area contributed by atoms with Crippen LogP contribution in [-0.4, -0.2) is 31.1 Å². The van der Waals surface area contributed by atoms with Gasteiger partial charge in [-0.05, 0) is 55.8 Å². The molecule has 5 nitrogen and oxygen atoms in total. The van der Waals surface area contributed by atoms with Gasteiger partial charge in [0.2, 0.25) is 5.91 Å². The topological polar surface area (TPSA) is 67.4 Å². The molecule has 198 valence electrons. The monoisotopic (exact) mass is 510 g/mol. The molecule has 0 heterocycles. The SMILES string of the molecule is C=CC1C[C@H](OC(=O)C2(c3ccccc3)CCCCCC2)C1CCNCC(=O)Nc1cccc(F)c1F. The highest BCUT2D eigenvalue weighted by Crippen LogP contribution is 2.44. The summed E-state index contributed by atoms with van der Waals surface area (Å²) in [5, 5.41) is 5.44. The Bertz CT molecular complexity index is 1080. The number of carbonyl (C=O) groups excluding carboxylic acids is 2. The first-order chi connectivity index (χ1) is 17.9. The minimum absolute atomic E-state index is 0.0387. The molecule has 37 heavy (non-hydrogen) atoms. The van der Waals surface area contributed by atoms with Crippen molar-refractivity contribution in [3.63, 3.8) is 0 Å². The van der Waals surface area contributed by atoms with Gasteiger partial charge < -0.3 is 15.4 Å². The Labute approximate surface area is 217 Å². The van der Waals surface area contributed by atoms with Crippen LogP contribution in [0.15, 0.2) is 61.2 Å². The van der Waals surface area contributed by atoms with Gasteiger partial charge in [-0.2, -0.15) is 0 Å². The summed E-state index contributed by atoms with van der Waals surface area (Å²) in [4.78, 5) is 25.8. The summed E-state index contributed by atoms with van der Waals surface area (Å²) < 4.78 is 33.3. The highest BCUT2D eigenvalue weighted by molar-refractivity contribution is 5.92. The first kappa shape index (κ1) is 27.0. The largest absolute Gasteiger partial charge is 0.461 e. The van der Waals surface area contributed by atoms with E-state index in [1.54, 1.807) is 0 Å². The van der Waals surface area contributed by atoms with Crippen LogP contribution in [0.1, 0.15) is 56.9 Å². The molecule has 7 heteroatoms. The average Bonchev–Trinajstić information content (AvgIpc) is 3.16. The quantitative estimate of drug-likeness (QED) is 0.181. The fourth-order valence-corrected chi connectivity index (χ4v) is 5.72. The number of nitrogens with one attached hydrogen (secondary N) is 2. The van der Waals surface area contributed by atoms with Gasteiger partial charge in [-0.15, -0.1) is 6.58 Å². The van der Waals surface area contributed by atoms with E-state index >= 15 is 0 Å². The molecule has 2 unspecified atom stereocenters. The molecule has 2 aromatic rings. The number of hydrogen-bond donors (Lipinski definition) is 2. The summed E-state index contributed by atoms with van der Waals surface area (Å²) in [7, 11) is 0. The van der Waals surface area contributed by atoms with Crippen molar-refractivity contribution in [2.24, 2.45) is 11.8 Å². The highest BCUT2D eigenvalue weighted by atomic mass is 19.2. The molecule has 2 N–H and O–H groups in total. The van der Waals surface area contributed by atoms with Crippen molar-refractivity contribution in [2.75, 3.05) is 18.4 Å². The zero-order chi connectivity index (χ0) is 26.3. The lowest BCUT2D eigenvalue weighted by Gasteiger charge is -2.44. The molecule has 0 radical (unpaired) electrons. The van der Waals surface area contributed by atoms with Gasteiger partial charge in [0.05, 0.1) is 17.6 Å². The third-order valence-corrected chi connectivity index (χ3v) is 7.93. The van der Waals surface area contributed by atoms with Crippen molar-refractivity contribution in [1.82, 2.24) is 5.32 Å². The number of esters is 1. The van der Waals surface area contributed by atoms with Crippen molar-refractivity contribution in [1.29, 1.82) is 0 Å². The minimum atomic E-state index is -1.08. The Morgan fingerprint density at radius 3 is 2.46 bits per heavy atom. The maximum Gasteiger partial charge on any atom is 0.316 e. The van der Waals surface area contributed by atoms with E-state index in [0.29, 0.717) is 13.0 Å². The van der Waals surface area contributed by atoms with Crippen LogP contribution in [-0.2, 0) is 19.7 Å². The van der Waals surface area contributed by atoms with Gasteiger partial charge in [0.15, 0.2) is 11.6 Å². The molecule has 1 amide bonds. The third-order valence-electron chi connectivity index (χ3n) is 7.93. The van der Waals surface area contributed by atoms with Crippen LogP contribution in [0.4, 0.5) is 14.5 Å². The molecule has 2 aliphatic carbocycles. The summed E-state index contributed by atoms with van der Waals surface area (Å²) in [6, 6.07) is 13.7. The second-order valence-electron chi connectivity index (χ2n) is 10.2. The first-order valence-electron chi connectivity index (χ1n) is 13.3. The second kappa shape index (κ2) is 12.5. The van der Waals surface area contributed by atoms with Gasteiger partial charge in [0.1, 0.15) is 6.10 Å². The lowest BCUT2D eigenvalue weighted by molar-refractivity contribution is -0.169. The first-order valence-corrected chi connectivity index (χ1v) is 13.3. The molecule has 0 saturated heterocycles. The number of rotatable bonds is 10. The van der Waals surface area contributed by atoms with Crippen LogP contribution < -0.4 is 10.6 Å². The van der Waals surface area contributed by atoms with Gasteiger partial charge in [-0.1, -0.05) is 68.2 Å². The molecule has 2 aromatic carbocycles. The minimum Gasteiger partial charge on any atom is -0.461 e. The molecule has 2 saturated carbocycles. The molecule has 4 rings (SSSR count). The lowest BCUT2D eigenvalue weighted by Crippen LogP contribution is -2.48. The van der Waals surface area contributed by atoms with Crippen molar-refractivity contribution < 1.29 is 23.1 Å². The molecule has 2 fully saturated rings. The van der Waals surface area contributed by atoms with Gasteiger partial charge >= 0.3 is 5.97 Å². The molecular weight excluding hydrogens is 474 g/mol. The third kappa shape index (κ3) is 6.27. The van der Waals surface area contributed by atoms with Crippen molar-refractivity contribution >= 4 is 17.6 Å². The van der Waals surface area contributed by atoms with Crippen LogP contribution in [0.3, 0.4) is 0 Å². The van der Waals surface area contributed by atoms with Crippen molar-refractivity contribution in [3.8, 4) is 0 Å². The van der Waals surface area contributed by atoms with E-state index in [0.717, 1.165) is 56.6 Å². The number of hydrogen-bond acceptors (Lipinski definition) is 4. The zero-order valence-electron chi connectivity index (χ0n) is 21.2. The van der Waals surface area contributed by atoms with Crippen molar-refractivity contribution in [3.05, 3.63) is 78.4 Å². The maximum absolute atomic E-state index is 13.8. The van der Waals surface area contributed by atoms with E-state index in [1.807, 2.05) is 36.4 Å². The number of halogens is 2. The summed E-state index contributed by atoms with van der Waals surface area (Å²) in [6.45, 7) is 4.42. The molecular formula is C30H36F2N2O3. The number of carbonyl (C=O) groups is 2. The maximum atomic E-state index is 13.8. The van der Waals surface area contributed by atoms with Crippen molar-refractivity contribution in [2.45, 2.75) is 62.9 Å². The normalized spacial score (nSPS) is 22.8. The second-order valence-corrected chi connectivity index (χ2v) is 10.2. The standard InChI is InChI=1S/C30H36F2N2O3/c1-2-21-19-26(23(21)15-18-33-20-27(35)34-25-14-10-13-24(31)28(25)32)37-29(36)30(16-8-3-4-9-17-30)22-11-6-5-7-12-22/h2,5-7,10-14,21,23,26,33H,1,3-4,8-9,15-20H2,(H,34,35)/t21?,23?,26-/m0/s1. The molecule has 3 atom stereocenters. The number of anilines is 1. The Morgan fingerprint density at radius 1 is 1.03 bits per heavy atom. The summed E-state index contributed by atoms with van der Waals surface area (Å²) in [6.07, 6.45) is 9.09. The van der Waals surface area contributed by atoms with Crippen LogP contribution in [0.25, 0.3) is 0 Å².